The van der Waals surface area contributed by atoms with Crippen molar-refractivity contribution in [2.24, 2.45) is 5.92 Å². The van der Waals surface area contributed by atoms with Gasteiger partial charge < -0.3 is 0 Å². The Kier molecular flexibility index (Phi) is 20.3. The molecule has 0 nitrogen and oxygen atoms in total. The van der Waals surface area contributed by atoms with Gasteiger partial charge in [0.2, 0.25) is 0 Å². The van der Waals surface area contributed by atoms with Crippen LogP contribution in [0.5, 0.6) is 0 Å². The first-order chi connectivity index (χ1) is 7.81. The van der Waals surface area contributed by atoms with E-state index in [9.17, 15) is 0 Å². The molecule has 0 spiro atoms. The van der Waals surface area contributed by atoms with Gasteiger partial charge in [-0.15, -0.1) is 0 Å². The fourth-order valence-electron chi connectivity index (χ4n) is 2.26. The van der Waals surface area contributed by atoms with Crippen LogP contribution in [0.4, 0.5) is 0 Å². The standard InChI is InChI=1S/C16H33.Na.H/c1-4-6-8-10-11-13-15-16(3)14-12-9-7-5-2;;/h16H,2,4-15H2,1,3H3;;. The third kappa shape index (κ3) is 17.0. The van der Waals surface area contributed by atoms with E-state index in [0.717, 1.165) is 12.3 Å². The molecule has 0 aromatic rings. The minimum absolute atomic E-state index is 0. The third-order valence-corrected chi connectivity index (χ3v) is 3.50. The van der Waals surface area contributed by atoms with Crippen molar-refractivity contribution in [2.75, 3.05) is 0 Å². The van der Waals surface area contributed by atoms with Crippen molar-refractivity contribution in [1.29, 1.82) is 0 Å². The van der Waals surface area contributed by atoms with E-state index >= 15 is 0 Å². The topological polar surface area (TPSA) is 0 Å². The molecule has 0 aliphatic heterocycles. The Morgan fingerprint density at radius 1 is 0.765 bits per heavy atom. The average Bonchev–Trinajstić information content (AvgIpc) is 2.29. The molecule has 1 heteroatoms. The number of hydrogen-bond acceptors (Lipinski definition) is 0. The summed E-state index contributed by atoms with van der Waals surface area (Å²) in [6.45, 7) is 8.60. The number of hydrogen-bond donors (Lipinski definition) is 0. The van der Waals surface area contributed by atoms with Gasteiger partial charge in [0.05, 0.1) is 0 Å². The quantitative estimate of drug-likeness (QED) is 0.316. The molecule has 1 radical (unpaired) electrons. The fourth-order valence-corrected chi connectivity index (χ4v) is 2.26. The SMILES string of the molecule is [CH2]CCCCCC(C)CCCCCCCC.[NaH]. The van der Waals surface area contributed by atoms with Gasteiger partial charge in [-0.05, 0) is 5.92 Å². The first kappa shape index (κ1) is 20.3. The molecule has 0 aromatic heterocycles. The molecule has 0 aliphatic rings. The summed E-state index contributed by atoms with van der Waals surface area (Å²) in [5, 5.41) is 0. The molecule has 0 aromatic carbocycles. The Labute approximate surface area is 133 Å². The molecule has 0 amide bonds. The van der Waals surface area contributed by atoms with Crippen molar-refractivity contribution in [3.63, 3.8) is 0 Å². The van der Waals surface area contributed by atoms with E-state index in [1.165, 1.54) is 70.6 Å². The molecule has 0 N–H and O–H groups in total. The van der Waals surface area contributed by atoms with Gasteiger partial charge >= 0.3 is 29.6 Å². The molecule has 0 rings (SSSR count). The summed E-state index contributed by atoms with van der Waals surface area (Å²) in [6, 6.07) is 0. The van der Waals surface area contributed by atoms with E-state index in [1.54, 1.807) is 0 Å². The van der Waals surface area contributed by atoms with Crippen molar-refractivity contribution in [3.8, 4) is 0 Å². The van der Waals surface area contributed by atoms with Crippen molar-refractivity contribution >= 4 is 29.6 Å². The zero-order chi connectivity index (χ0) is 12.1. The van der Waals surface area contributed by atoms with E-state index < -0.39 is 0 Å². The molecule has 17 heavy (non-hydrogen) atoms. The molecule has 0 saturated heterocycles. The molecule has 0 saturated carbocycles. The Bertz CT molecular complexity index is 123. The molecular weight excluding hydrogens is 215 g/mol. The summed E-state index contributed by atoms with van der Waals surface area (Å²) in [6.07, 6.45) is 16.8. The van der Waals surface area contributed by atoms with E-state index in [4.69, 9.17) is 0 Å². The summed E-state index contributed by atoms with van der Waals surface area (Å²) in [7, 11) is 0. The molecule has 0 heterocycles. The molecule has 0 aliphatic carbocycles. The molecule has 0 bridgehead atoms. The van der Waals surface area contributed by atoms with Gasteiger partial charge in [0.25, 0.3) is 0 Å². The summed E-state index contributed by atoms with van der Waals surface area (Å²) in [5.74, 6) is 0.955. The predicted molar refractivity (Wildman–Crippen MR) is 82.7 cm³/mol. The molecular formula is C16H34Na. The van der Waals surface area contributed by atoms with Crippen molar-refractivity contribution in [2.45, 2.75) is 90.9 Å². The average molecular weight is 249 g/mol. The molecule has 1 unspecified atom stereocenters. The Balaban J connectivity index is 0. The number of unbranched alkanes of at least 4 members (excludes halogenated alkanes) is 8. The maximum absolute atomic E-state index is 3.89. The van der Waals surface area contributed by atoms with Crippen molar-refractivity contribution in [1.82, 2.24) is 0 Å². The van der Waals surface area contributed by atoms with E-state index in [0.29, 0.717) is 0 Å². The fraction of sp³-hybridized carbons (Fsp3) is 0.938. The van der Waals surface area contributed by atoms with E-state index in [-0.39, 0.29) is 29.6 Å². The first-order valence-electron chi connectivity index (χ1n) is 7.60. The van der Waals surface area contributed by atoms with Crippen LogP contribution in [0.25, 0.3) is 0 Å². The van der Waals surface area contributed by atoms with Crippen molar-refractivity contribution in [3.05, 3.63) is 6.92 Å². The number of rotatable bonds is 12. The summed E-state index contributed by atoms with van der Waals surface area (Å²) >= 11 is 0. The van der Waals surface area contributed by atoms with Crippen LogP contribution in [-0.2, 0) is 0 Å². The zero-order valence-electron chi connectivity index (χ0n) is 11.8. The Hall–Kier alpha value is 1.00. The monoisotopic (exact) mass is 249 g/mol. The van der Waals surface area contributed by atoms with Gasteiger partial charge in [-0.3, -0.25) is 0 Å². The van der Waals surface area contributed by atoms with Crippen LogP contribution >= 0.6 is 0 Å². The van der Waals surface area contributed by atoms with Crippen LogP contribution < -0.4 is 0 Å². The molecule has 99 valence electrons. The summed E-state index contributed by atoms with van der Waals surface area (Å²) < 4.78 is 0. The third-order valence-electron chi connectivity index (χ3n) is 3.50. The Morgan fingerprint density at radius 2 is 1.24 bits per heavy atom. The van der Waals surface area contributed by atoms with E-state index in [1.807, 2.05) is 0 Å². The zero-order valence-corrected chi connectivity index (χ0v) is 11.8. The molecule has 0 fully saturated rings. The van der Waals surface area contributed by atoms with Crippen LogP contribution in [0.15, 0.2) is 0 Å². The second kappa shape index (κ2) is 17.0. The summed E-state index contributed by atoms with van der Waals surface area (Å²) in [4.78, 5) is 0. The van der Waals surface area contributed by atoms with Gasteiger partial charge in [0, 0.05) is 0 Å². The van der Waals surface area contributed by atoms with E-state index in [2.05, 4.69) is 20.8 Å². The van der Waals surface area contributed by atoms with Gasteiger partial charge in [0.15, 0.2) is 0 Å². The van der Waals surface area contributed by atoms with Crippen LogP contribution in [-0.4, -0.2) is 29.6 Å². The molecule has 1 atom stereocenters. The van der Waals surface area contributed by atoms with Gasteiger partial charge in [0.1, 0.15) is 0 Å². The second-order valence-electron chi connectivity index (χ2n) is 5.36. The minimum atomic E-state index is 0. The van der Waals surface area contributed by atoms with Crippen LogP contribution in [0.3, 0.4) is 0 Å². The van der Waals surface area contributed by atoms with Gasteiger partial charge in [-0.2, -0.15) is 0 Å². The van der Waals surface area contributed by atoms with Crippen LogP contribution in [0.1, 0.15) is 90.9 Å². The van der Waals surface area contributed by atoms with Crippen LogP contribution in [0, 0.1) is 12.8 Å². The second-order valence-corrected chi connectivity index (χ2v) is 5.36. The first-order valence-corrected chi connectivity index (χ1v) is 7.60. The van der Waals surface area contributed by atoms with Crippen LogP contribution in [0.2, 0.25) is 0 Å². The Morgan fingerprint density at radius 3 is 1.76 bits per heavy atom. The summed E-state index contributed by atoms with van der Waals surface area (Å²) in [5.41, 5.74) is 0. The normalized spacial score (nSPS) is 12.2. The maximum atomic E-state index is 3.89. The predicted octanol–water partition coefficient (Wildman–Crippen LogP) is 5.51. The van der Waals surface area contributed by atoms with Crippen molar-refractivity contribution < 1.29 is 0 Å². The van der Waals surface area contributed by atoms with Gasteiger partial charge in [-0.1, -0.05) is 97.8 Å². The van der Waals surface area contributed by atoms with Gasteiger partial charge in [-0.25, -0.2) is 0 Å².